The average molecular weight is 313 g/mol. The molecule has 1 aromatic heterocycles. The van der Waals surface area contributed by atoms with Gasteiger partial charge in [0.05, 0.1) is 11.7 Å². The van der Waals surface area contributed by atoms with Crippen molar-refractivity contribution in [2.45, 2.75) is 13.0 Å². The minimum Gasteiger partial charge on any atom is -0.319 e. The Morgan fingerprint density at radius 2 is 1.94 bits per heavy atom. The van der Waals surface area contributed by atoms with E-state index in [-0.39, 0.29) is 5.56 Å². The maximum Gasteiger partial charge on any atom is 0.134 e. The first kappa shape index (κ1) is 13.1. The Morgan fingerprint density at radius 3 is 2.56 bits per heavy atom. The van der Waals surface area contributed by atoms with Gasteiger partial charge in [-0.1, -0.05) is 6.07 Å². The second-order valence-corrected chi connectivity index (χ2v) is 4.89. The molecular formula is C13H11BrF2N2. The molecule has 2 aromatic rings. The second kappa shape index (κ2) is 5.12. The molecule has 1 unspecified atom stereocenters. The van der Waals surface area contributed by atoms with E-state index in [1.165, 1.54) is 12.1 Å². The van der Waals surface area contributed by atoms with Gasteiger partial charge in [-0.3, -0.25) is 4.98 Å². The van der Waals surface area contributed by atoms with E-state index in [9.17, 15) is 8.78 Å². The van der Waals surface area contributed by atoms with Crippen molar-refractivity contribution < 1.29 is 8.78 Å². The van der Waals surface area contributed by atoms with Gasteiger partial charge in [0.1, 0.15) is 11.6 Å². The molecule has 2 nitrogen and oxygen atoms in total. The quantitative estimate of drug-likeness (QED) is 0.922. The molecule has 0 bridgehead atoms. The second-order valence-electron chi connectivity index (χ2n) is 3.97. The first-order valence-electron chi connectivity index (χ1n) is 5.32. The normalized spacial score (nSPS) is 12.5. The summed E-state index contributed by atoms with van der Waals surface area (Å²) in [5.74, 6) is -1.28. The number of aryl methyl sites for hydroxylation is 1. The van der Waals surface area contributed by atoms with Crippen molar-refractivity contribution in [3.05, 3.63) is 63.4 Å². The van der Waals surface area contributed by atoms with Crippen LogP contribution in [0.25, 0.3) is 0 Å². The van der Waals surface area contributed by atoms with Gasteiger partial charge in [-0.05, 0) is 46.6 Å². The summed E-state index contributed by atoms with van der Waals surface area (Å²) < 4.78 is 28.4. The van der Waals surface area contributed by atoms with Crippen LogP contribution < -0.4 is 5.73 Å². The Balaban J connectivity index is 2.49. The summed E-state index contributed by atoms with van der Waals surface area (Å²) in [6, 6.07) is 5.05. The van der Waals surface area contributed by atoms with Crippen LogP contribution in [0.4, 0.5) is 8.78 Å². The number of hydrogen-bond acceptors (Lipinski definition) is 2. The minimum atomic E-state index is -0.919. The fourth-order valence-electron chi connectivity index (χ4n) is 1.68. The van der Waals surface area contributed by atoms with E-state index < -0.39 is 17.7 Å². The number of pyridine rings is 1. The molecule has 18 heavy (non-hydrogen) atoms. The molecule has 0 fully saturated rings. The largest absolute Gasteiger partial charge is 0.319 e. The number of benzene rings is 1. The zero-order valence-electron chi connectivity index (χ0n) is 9.62. The van der Waals surface area contributed by atoms with Crippen molar-refractivity contribution in [2.75, 3.05) is 0 Å². The van der Waals surface area contributed by atoms with Crippen molar-refractivity contribution in [2.24, 2.45) is 5.73 Å². The maximum atomic E-state index is 13.9. The van der Waals surface area contributed by atoms with E-state index in [2.05, 4.69) is 20.9 Å². The molecule has 1 heterocycles. The van der Waals surface area contributed by atoms with Gasteiger partial charge < -0.3 is 5.73 Å². The van der Waals surface area contributed by atoms with Crippen LogP contribution in [0.2, 0.25) is 0 Å². The predicted molar refractivity (Wildman–Crippen MR) is 69.1 cm³/mol. The van der Waals surface area contributed by atoms with Gasteiger partial charge in [0.25, 0.3) is 0 Å². The Morgan fingerprint density at radius 1 is 1.22 bits per heavy atom. The smallest absolute Gasteiger partial charge is 0.134 e. The molecule has 0 aliphatic heterocycles. The van der Waals surface area contributed by atoms with Crippen molar-refractivity contribution in [3.63, 3.8) is 0 Å². The fourth-order valence-corrected chi connectivity index (χ4v) is 1.92. The molecule has 1 atom stereocenters. The van der Waals surface area contributed by atoms with Crippen LogP contribution in [0.15, 0.2) is 34.9 Å². The van der Waals surface area contributed by atoms with Crippen LogP contribution in [0.1, 0.15) is 22.9 Å². The lowest BCUT2D eigenvalue weighted by Gasteiger charge is -2.14. The molecule has 2 rings (SSSR count). The minimum absolute atomic E-state index is 0.148. The van der Waals surface area contributed by atoms with E-state index in [1.54, 1.807) is 25.3 Å². The Hall–Kier alpha value is -1.33. The molecule has 0 radical (unpaired) electrons. The SMILES string of the molecule is Cc1ccc(F)c(C(N)c2ccc(Br)cn2)c1F. The summed E-state index contributed by atoms with van der Waals surface area (Å²) in [4.78, 5) is 4.06. The zero-order valence-corrected chi connectivity index (χ0v) is 11.2. The van der Waals surface area contributed by atoms with Crippen LogP contribution in [0, 0.1) is 18.6 Å². The molecule has 0 saturated carbocycles. The molecule has 0 spiro atoms. The molecule has 94 valence electrons. The number of nitrogens with zero attached hydrogens (tertiary/aromatic N) is 1. The molecule has 2 N–H and O–H groups in total. The molecule has 0 aliphatic rings. The average Bonchev–Trinajstić information content (AvgIpc) is 2.35. The summed E-state index contributed by atoms with van der Waals surface area (Å²) >= 11 is 3.24. The number of hydrogen-bond donors (Lipinski definition) is 1. The third-order valence-corrected chi connectivity index (χ3v) is 3.17. The van der Waals surface area contributed by atoms with Crippen molar-refractivity contribution in [1.82, 2.24) is 4.98 Å². The van der Waals surface area contributed by atoms with Crippen LogP contribution in [0.3, 0.4) is 0 Å². The fraction of sp³-hybridized carbons (Fsp3) is 0.154. The highest BCUT2D eigenvalue weighted by atomic mass is 79.9. The lowest BCUT2D eigenvalue weighted by atomic mass is 10.0. The zero-order chi connectivity index (χ0) is 13.3. The number of aromatic nitrogens is 1. The van der Waals surface area contributed by atoms with Crippen molar-refractivity contribution in [3.8, 4) is 0 Å². The first-order valence-corrected chi connectivity index (χ1v) is 6.11. The monoisotopic (exact) mass is 312 g/mol. The van der Waals surface area contributed by atoms with Gasteiger partial charge in [-0.2, -0.15) is 0 Å². The van der Waals surface area contributed by atoms with Crippen LogP contribution in [-0.4, -0.2) is 4.98 Å². The molecule has 5 heteroatoms. The van der Waals surface area contributed by atoms with Crippen LogP contribution in [-0.2, 0) is 0 Å². The molecule has 1 aromatic carbocycles. The molecule has 0 amide bonds. The van der Waals surface area contributed by atoms with Gasteiger partial charge in [-0.25, -0.2) is 8.78 Å². The van der Waals surface area contributed by atoms with Gasteiger partial charge in [0, 0.05) is 16.2 Å². The third kappa shape index (κ3) is 2.42. The van der Waals surface area contributed by atoms with Gasteiger partial charge in [0.15, 0.2) is 0 Å². The highest BCUT2D eigenvalue weighted by Crippen LogP contribution is 2.26. The highest BCUT2D eigenvalue weighted by Gasteiger charge is 2.20. The Bertz CT molecular complexity index is 570. The summed E-state index contributed by atoms with van der Waals surface area (Å²) in [5.41, 5.74) is 6.51. The lowest BCUT2D eigenvalue weighted by molar-refractivity contribution is 0.535. The standard InChI is InChI=1S/C13H11BrF2N2/c1-7-2-4-9(15)11(12(7)16)13(17)10-5-3-8(14)6-18-10/h2-6,13H,17H2,1H3. The van der Waals surface area contributed by atoms with E-state index in [0.717, 1.165) is 4.47 Å². The molecule has 0 saturated heterocycles. The Labute approximate surface area is 112 Å². The molecule has 0 aliphatic carbocycles. The summed E-state index contributed by atoms with van der Waals surface area (Å²) in [6.07, 6.45) is 1.54. The predicted octanol–water partition coefficient (Wildman–Crippen LogP) is 3.48. The number of nitrogens with two attached hydrogens (primary N) is 1. The highest BCUT2D eigenvalue weighted by molar-refractivity contribution is 9.10. The Kier molecular flexibility index (Phi) is 3.73. The van der Waals surface area contributed by atoms with E-state index in [4.69, 9.17) is 5.73 Å². The van der Waals surface area contributed by atoms with Crippen molar-refractivity contribution in [1.29, 1.82) is 0 Å². The van der Waals surface area contributed by atoms with Crippen LogP contribution >= 0.6 is 15.9 Å². The summed E-state index contributed by atoms with van der Waals surface area (Å²) in [6.45, 7) is 1.57. The lowest BCUT2D eigenvalue weighted by Crippen LogP contribution is -2.17. The first-order chi connectivity index (χ1) is 8.50. The van der Waals surface area contributed by atoms with Gasteiger partial charge in [0.2, 0.25) is 0 Å². The number of halogens is 3. The molecular weight excluding hydrogens is 302 g/mol. The van der Waals surface area contributed by atoms with E-state index in [0.29, 0.717) is 11.3 Å². The summed E-state index contributed by atoms with van der Waals surface area (Å²) in [5, 5.41) is 0. The van der Waals surface area contributed by atoms with Gasteiger partial charge in [-0.15, -0.1) is 0 Å². The van der Waals surface area contributed by atoms with Gasteiger partial charge >= 0.3 is 0 Å². The topological polar surface area (TPSA) is 38.9 Å². The third-order valence-electron chi connectivity index (χ3n) is 2.70. The van der Waals surface area contributed by atoms with E-state index in [1.807, 2.05) is 0 Å². The van der Waals surface area contributed by atoms with Crippen LogP contribution in [0.5, 0.6) is 0 Å². The van der Waals surface area contributed by atoms with Crippen molar-refractivity contribution >= 4 is 15.9 Å². The van der Waals surface area contributed by atoms with E-state index >= 15 is 0 Å². The maximum absolute atomic E-state index is 13.9. The summed E-state index contributed by atoms with van der Waals surface area (Å²) in [7, 11) is 0. The number of rotatable bonds is 2.